The number of carboxylic acids is 1. The third kappa shape index (κ3) is 3.57. The van der Waals surface area contributed by atoms with Gasteiger partial charge < -0.3 is 14.7 Å². The van der Waals surface area contributed by atoms with E-state index in [0.29, 0.717) is 6.42 Å². The van der Waals surface area contributed by atoms with Crippen molar-refractivity contribution in [1.29, 1.82) is 0 Å². The Morgan fingerprint density at radius 2 is 1.85 bits per heavy atom. The molecule has 108 valence electrons. The fraction of sp³-hybridized carbons (Fsp3) is 0.467. The molecule has 1 amide bonds. The normalized spacial score (nSPS) is 16.1. The van der Waals surface area contributed by atoms with Gasteiger partial charge in [0.05, 0.1) is 18.1 Å². The van der Waals surface area contributed by atoms with Crippen LogP contribution in [0.3, 0.4) is 0 Å². The molecule has 0 saturated carbocycles. The number of ether oxygens (including phenoxy) is 1. The van der Waals surface area contributed by atoms with Gasteiger partial charge in [0.15, 0.2) is 0 Å². The summed E-state index contributed by atoms with van der Waals surface area (Å²) in [4.78, 5) is 24.8. The number of likely N-dealkylation sites (tertiary alicyclic amines) is 1. The molecular weight excluding hydrogens is 258 g/mol. The van der Waals surface area contributed by atoms with Crippen LogP contribution in [0.5, 0.6) is 0 Å². The molecule has 1 aliphatic rings. The van der Waals surface area contributed by atoms with Crippen molar-refractivity contribution in [2.24, 2.45) is 0 Å². The number of nitrogens with zero attached hydrogens (tertiary/aromatic N) is 1. The van der Waals surface area contributed by atoms with E-state index in [1.165, 1.54) is 12.1 Å². The van der Waals surface area contributed by atoms with Crippen molar-refractivity contribution in [3.63, 3.8) is 0 Å². The van der Waals surface area contributed by atoms with Crippen LogP contribution in [-0.4, -0.2) is 48.2 Å². The predicted octanol–water partition coefficient (Wildman–Crippen LogP) is 1.56. The van der Waals surface area contributed by atoms with Crippen molar-refractivity contribution in [1.82, 2.24) is 4.90 Å². The third-order valence-corrected chi connectivity index (χ3v) is 3.68. The van der Waals surface area contributed by atoms with Crippen LogP contribution in [0.4, 0.5) is 0 Å². The summed E-state index contributed by atoms with van der Waals surface area (Å²) in [5, 5.41) is 8.82. The number of hydrogen-bond acceptors (Lipinski definition) is 3. The van der Waals surface area contributed by atoms with E-state index >= 15 is 0 Å². The lowest BCUT2D eigenvalue weighted by Gasteiger charge is -2.31. The number of aromatic carboxylic acids is 1. The number of carboxylic acid groups (broad SMARTS) is 1. The molecule has 1 N–H and O–H groups in total. The first-order chi connectivity index (χ1) is 9.60. The van der Waals surface area contributed by atoms with Crippen LogP contribution >= 0.6 is 0 Å². The average molecular weight is 277 g/mol. The molecule has 1 fully saturated rings. The average Bonchev–Trinajstić information content (AvgIpc) is 2.48. The van der Waals surface area contributed by atoms with Crippen molar-refractivity contribution in [3.8, 4) is 0 Å². The molecule has 0 radical (unpaired) electrons. The van der Waals surface area contributed by atoms with Gasteiger partial charge in [-0.3, -0.25) is 4.79 Å². The second kappa shape index (κ2) is 6.52. The molecular formula is C15H19NO4. The molecule has 5 heteroatoms. The summed E-state index contributed by atoms with van der Waals surface area (Å²) < 4.78 is 5.28. The zero-order chi connectivity index (χ0) is 14.5. The summed E-state index contributed by atoms with van der Waals surface area (Å²) >= 11 is 0. The van der Waals surface area contributed by atoms with Crippen molar-refractivity contribution in [3.05, 3.63) is 35.4 Å². The molecule has 1 heterocycles. The van der Waals surface area contributed by atoms with Crippen LogP contribution in [-0.2, 0) is 16.0 Å². The zero-order valence-electron chi connectivity index (χ0n) is 11.5. The number of carbonyl (C=O) groups is 2. The minimum atomic E-state index is -0.954. The highest BCUT2D eigenvalue weighted by Gasteiger charge is 2.22. The topological polar surface area (TPSA) is 66.8 Å². The molecule has 20 heavy (non-hydrogen) atoms. The quantitative estimate of drug-likeness (QED) is 0.907. The van der Waals surface area contributed by atoms with E-state index in [-0.39, 0.29) is 17.6 Å². The molecule has 0 aromatic heterocycles. The summed E-state index contributed by atoms with van der Waals surface area (Å²) in [6.07, 6.45) is 2.33. The lowest BCUT2D eigenvalue weighted by Crippen LogP contribution is -2.41. The first-order valence-corrected chi connectivity index (χ1v) is 6.73. The van der Waals surface area contributed by atoms with Gasteiger partial charge in [-0.25, -0.2) is 4.79 Å². The number of hydrogen-bond donors (Lipinski definition) is 1. The van der Waals surface area contributed by atoms with Crippen LogP contribution in [0.15, 0.2) is 24.3 Å². The van der Waals surface area contributed by atoms with Gasteiger partial charge >= 0.3 is 5.97 Å². The standard InChI is InChI=1S/C15H19NO4/c1-20-13-6-8-16(9-7-13)14(17)10-11-2-4-12(5-3-11)15(18)19/h2-5,13H,6-10H2,1H3,(H,18,19). The van der Waals surface area contributed by atoms with Gasteiger partial charge in [-0.1, -0.05) is 12.1 Å². The Morgan fingerprint density at radius 1 is 1.25 bits per heavy atom. The molecule has 1 aliphatic heterocycles. The second-order valence-electron chi connectivity index (χ2n) is 4.99. The Labute approximate surface area is 118 Å². The Kier molecular flexibility index (Phi) is 4.74. The Bertz CT molecular complexity index is 475. The first-order valence-electron chi connectivity index (χ1n) is 6.73. The molecule has 0 aliphatic carbocycles. The molecule has 1 aromatic rings. The Hall–Kier alpha value is -1.88. The monoisotopic (exact) mass is 277 g/mol. The number of rotatable bonds is 4. The largest absolute Gasteiger partial charge is 0.478 e. The number of methoxy groups -OCH3 is 1. The van der Waals surface area contributed by atoms with Gasteiger partial charge in [-0.15, -0.1) is 0 Å². The van der Waals surface area contributed by atoms with E-state index in [0.717, 1.165) is 31.5 Å². The van der Waals surface area contributed by atoms with Crippen molar-refractivity contribution in [2.45, 2.75) is 25.4 Å². The van der Waals surface area contributed by atoms with E-state index in [1.54, 1.807) is 19.2 Å². The molecule has 0 unspecified atom stereocenters. The molecule has 0 bridgehead atoms. The summed E-state index contributed by atoms with van der Waals surface area (Å²) in [5.41, 5.74) is 1.08. The van der Waals surface area contributed by atoms with Crippen molar-refractivity contribution < 1.29 is 19.4 Å². The maximum atomic E-state index is 12.2. The first kappa shape index (κ1) is 14.5. The van der Waals surface area contributed by atoms with E-state index in [1.807, 2.05) is 4.90 Å². The summed E-state index contributed by atoms with van der Waals surface area (Å²) in [6, 6.07) is 6.46. The highest BCUT2D eigenvalue weighted by atomic mass is 16.5. The van der Waals surface area contributed by atoms with Gasteiger partial charge in [0, 0.05) is 20.2 Å². The second-order valence-corrected chi connectivity index (χ2v) is 4.99. The smallest absolute Gasteiger partial charge is 0.335 e. The summed E-state index contributed by atoms with van der Waals surface area (Å²) in [6.45, 7) is 1.45. The number of piperidine rings is 1. The van der Waals surface area contributed by atoms with E-state index in [4.69, 9.17) is 9.84 Å². The maximum Gasteiger partial charge on any atom is 0.335 e. The minimum Gasteiger partial charge on any atom is -0.478 e. The molecule has 1 aromatic carbocycles. The fourth-order valence-electron chi connectivity index (χ4n) is 2.39. The van der Waals surface area contributed by atoms with Crippen molar-refractivity contribution in [2.75, 3.05) is 20.2 Å². The highest BCUT2D eigenvalue weighted by molar-refractivity contribution is 5.87. The minimum absolute atomic E-state index is 0.0858. The zero-order valence-corrected chi connectivity index (χ0v) is 11.5. The Morgan fingerprint density at radius 3 is 2.35 bits per heavy atom. The van der Waals surface area contributed by atoms with Crippen LogP contribution in [0.25, 0.3) is 0 Å². The van der Waals surface area contributed by atoms with E-state index < -0.39 is 5.97 Å². The lowest BCUT2D eigenvalue weighted by atomic mass is 10.1. The molecule has 0 spiro atoms. The van der Waals surface area contributed by atoms with Gasteiger partial charge in [0.25, 0.3) is 0 Å². The number of amides is 1. The maximum absolute atomic E-state index is 12.2. The van der Waals surface area contributed by atoms with E-state index in [9.17, 15) is 9.59 Å². The highest BCUT2D eigenvalue weighted by Crippen LogP contribution is 2.14. The van der Waals surface area contributed by atoms with Gasteiger partial charge in [0.1, 0.15) is 0 Å². The van der Waals surface area contributed by atoms with Crippen LogP contribution in [0.1, 0.15) is 28.8 Å². The van der Waals surface area contributed by atoms with Crippen LogP contribution < -0.4 is 0 Å². The molecule has 1 saturated heterocycles. The summed E-state index contributed by atoms with van der Waals surface area (Å²) in [7, 11) is 1.70. The number of benzene rings is 1. The third-order valence-electron chi connectivity index (χ3n) is 3.68. The predicted molar refractivity (Wildman–Crippen MR) is 73.7 cm³/mol. The number of carbonyl (C=O) groups excluding carboxylic acids is 1. The molecule has 0 atom stereocenters. The lowest BCUT2D eigenvalue weighted by molar-refractivity contribution is -0.132. The SMILES string of the molecule is COC1CCN(C(=O)Cc2ccc(C(=O)O)cc2)CC1. The van der Waals surface area contributed by atoms with Crippen LogP contribution in [0.2, 0.25) is 0 Å². The fourth-order valence-corrected chi connectivity index (χ4v) is 2.39. The van der Waals surface area contributed by atoms with E-state index in [2.05, 4.69) is 0 Å². The van der Waals surface area contributed by atoms with Gasteiger partial charge in [-0.05, 0) is 30.5 Å². The van der Waals surface area contributed by atoms with Crippen LogP contribution in [0, 0.1) is 0 Å². The van der Waals surface area contributed by atoms with Crippen molar-refractivity contribution >= 4 is 11.9 Å². The van der Waals surface area contributed by atoms with Gasteiger partial charge in [0.2, 0.25) is 5.91 Å². The molecule has 5 nitrogen and oxygen atoms in total. The molecule has 2 rings (SSSR count). The Balaban J connectivity index is 1.90. The van der Waals surface area contributed by atoms with Gasteiger partial charge in [-0.2, -0.15) is 0 Å². The summed E-state index contributed by atoms with van der Waals surface area (Å²) in [5.74, 6) is -0.868.